The molecule has 6 heteroatoms. The zero-order chi connectivity index (χ0) is 13.7. The van der Waals surface area contributed by atoms with Crippen LogP contribution in [0.3, 0.4) is 0 Å². The second kappa shape index (κ2) is 5.99. The van der Waals surface area contributed by atoms with E-state index in [-0.39, 0.29) is 11.8 Å². The molecule has 0 fully saturated rings. The number of hydrogen-bond donors (Lipinski definition) is 2. The number of rotatable bonds is 4. The maximum Gasteiger partial charge on any atom is 0.320 e. The molecule has 0 radical (unpaired) electrons. The van der Waals surface area contributed by atoms with Crippen LogP contribution in [0.5, 0.6) is 0 Å². The maximum absolute atomic E-state index is 12.9. The molecule has 0 aliphatic rings. The Kier molecular flexibility index (Phi) is 4.12. The van der Waals surface area contributed by atoms with E-state index in [1.165, 1.54) is 12.1 Å². The molecule has 0 atom stereocenters. The quantitative estimate of drug-likeness (QED) is 0.884. The largest absolute Gasteiger partial charge is 0.337 e. The molecule has 2 aromatic rings. The fourth-order valence-electron chi connectivity index (χ4n) is 1.67. The Morgan fingerprint density at radius 1 is 1.42 bits per heavy atom. The first kappa shape index (κ1) is 13.1. The predicted octanol–water partition coefficient (Wildman–Crippen LogP) is 1.92. The van der Waals surface area contributed by atoms with Gasteiger partial charge in [0, 0.05) is 19.7 Å². The summed E-state index contributed by atoms with van der Waals surface area (Å²) in [5, 5.41) is 9.31. The van der Waals surface area contributed by atoms with Gasteiger partial charge in [-0.2, -0.15) is 5.10 Å². The Bertz CT molecular complexity index is 567. The summed E-state index contributed by atoms with van der Waals surface area (Å²) in [7, 11) is 1.74. The topological polar surface area (TPSA) is 59.0 Å². The average Bonchev–Trinajstić information content (AvgIpc) is 2.75. The summed E-state index contributed by atoms with van der Waals surface area (Å²) >= 11 is 0. The first-order chi connectivity index (χ1) is 9.15. The molecule has 2 N–H and O–H groups in total. The molecule has 1 heterocycles. The van der Waals surface area contributed by atoms with Crippen molar-refractivity contribution in [2.75, 3.05) is 11.9 Å². The second-order valence-corrected chi connectivity index (χ2v) is 4.10. The summed E-state index contributed by atoms with van der Waals surface area (Å²) in [4.78, 5) is 11.6. The minimum atomic E-state index is -0.306. The van der Waals surface area contributed by atoms with E-state index in [1.807, 2.05) is 6.07 Å². The molecular weight excluding hydrogens is 247 g/mol. The van der Waals surface area contributed by atoms with E-state index >= 15 is 0 Å². The van der Waals surface area contributed by atoms with E-state index in [2.05, 4.69) is 15.7 Å². The molecule has 0 aliphatic heterocycles. The normalized spacial score (nSPS) is 10.2. The van der Waals surface area contributed by atoms with Crippen LogP contribution in [0.4, 0.5) is 15.0 Å². The first-order valence-electron chi connectivity index (χ1n) is 5.92. The molecule has 1 aromatic heterocycles. The molecule has 2 amide bonds. The summed E-state index contributed by atoms with van der Waals surface area (Å²) in [5.74, 6) is 0.347. The number of benzene rings is 1. The lowest BCUT2D eigenvalue weighted by atomic mass is 10.1. The van der Waals surface area contributed by atoms with E-state index in [9.17, 15) is 9.18 Å². The molecule has 0 saturated heterocycles. The van der Waals surface area contributed by atoms with E-state index in [4.69, 9.17) is 0 Å². The van der Waals surface area contributed by atoms with Crippen LogP contribution < -0.4 is 10.6 Å². The Balaban J connectivity index is 1.77. The maximum atomic E-state index is 12.9. The van der Waals surface area contributed by atoms with Crippen LogP contribution >= 0.6 is 0 Å². The molecule has 0 bridgehead atoms. The molecule has 0 spiro atoms. The van der Waals surface area contributed by atoms with Gasteiger partial charge >= 0.3 is 6.03 Å². The van der Waals surface area contributed by atoms with Crippen molar-refractivity contribution >= 4 is 11.8 Å². The number of carbonyl (C=O) groups excluding carboxylic acids is 1. The number of nitrogens with one attached hydrogen (secondary N) is 2. The van der Waals surface area contributed by atoms with Gasteiger partial charge in [0.1, 0.15) is 11.6 Å². The molecule has 5 nitrogen and oxygen atoms in total. The Hall–Kier alpha value is -2.37. The zero-order valence-corrected chi connectivity index (χ0v) is 10.6. The summed E-state index contributed by atoms with van der Waals surface area (Å²) in [6.45, 7) is 0.438. The van der Waals surface area contributed by atoms with Gasteiger partial charge in [0.15, 0.2) is 0 Å². The predicted molar refractivity (Wildman–Crippen MR) is 70.3 cm³/mol. The van der Waals surface area contributed by atoms with Gasteiger partial charge in [-0.1, -0.05) is 12.1 Å². The van der Waals surface area contributed by atoms with E-state index < -0.39 is 0 Å². The van der Waals surface area contributed by atoms with Crippen molar-refractivity contribution < 1.29 is 9.18 Å². The third-order valence-corrected chi connectivity index (χ3v) is 2.65. The van der Waals surface area contributed by atoms with Crippen molar-refractivity contribution in [3.8, 4) is 0 Å². The van der Waals surface area contributed by atoms with Crippen LogP contribution in [0.2, 0.25) is 0 Å². The van der Waals surface area contributed by atoms with Gasteiger partial charge in [0.2, 0.25) is 0 Å². The smallest absolute Gasteiger partial charge is 0.320 e. The van der Waals surface area contributed by atoms with Gasteiger partial charge in [-0.05, 0) is 24.1 Å². The van der Waals surface area contributed by atoms with E-state index in [0.29, 0.717) is 18.8 Å². The monoisotopic (exact) mass is 262 g/mol. The number of nitrogens with zero attached hydrogens (tertiary/aromatic N) is 2. The van der Waals surface area contributed by atoms with E-state index in [1.54, 1.807) is 30.1 Å². The molecule has 0 unspecified atom stereocenters. The molecule has 1 aromatic carbocycles. The highest BCUT2D eigenvalue weighted by Gasteiger charge is 2.04. The number of urea groups is 1. The number of carbonyl (C=O) groups is 1. The Labute approximate surface area is 110 Å². The average molecular weight is 262 g/mol. The van der Waals surface area contributed by atoms with E-state index in [0.717, 1.165) is 5.56 Å². The van der Waals surface area contributed by atoms with Crippen LogP contribution in [0.15, 0.2) is 36.5 Å². The number of amides is 2. The van der Waals surface area contributed by atoms with Crippen LogP contribution in [0.25, 0.3) is 0 Å². The Morgan fingerprint density at radius 3 is 2.95 bits per heavy atom. The highest BCUT2D eigenvalue weighted by Crippen LogP contribution is 2.04. The van der Waals surface area contributed by atoms with Crippen LogP contribution in [0.1, 0.15) is 5.56 Å². The van der Waals surface area contributed by atoms with Crippen molar-refractivity contribution in [3.63, 3.8) is 0 Å². The zero-order valence-electron chi connectivity index (χ0n) is 10.6. The first-order valence-corrected chi connectivity index (χ1v) is 5.92. The van der Waals surface area contributed by atoms with Crippen molar-refractivity contribution in [3.05, 3.63) is 47.9 Å². The van der Waals surface area contributed by atoms with Crippen LogP contribution in [0, 0.1) is 5.82 Å². The summed E-state index contributed by atoms with van der Waals surface area (Å²) in [6, 6.07) is 7.73. The molecule has 2 rings (SSSR count). The number of halogens is 1. The van der Waals surface area contributed by atoms with Crippen LogP contribution in [-0.4, -0.2) is 22.4 Å². The Morgan fingerprint density at radius 2 is 2.26 bits per heavy atom. The van der Waals surface area contributed by atoms with Crippen molar-refractivity contribution in [1.82, 2.24) is 15.1 Å². The third kappa shape index (κ3) is 3.80. The number of aromatic nitrogens is 2. The van der Waals surface area contributed by atoms with Crippen LogP contribution in [-0.2, 0) is 13.5 Å². The molecular formula is C13H15FN4O. The molecule has 100 valence electrons. The highest BCUT2D eigenvalue weighted by molar-refractivity contribution is 5.88. The van der Waals surface area contributed by atoms with Gasteiger partial charge in [0.25, 0.3) is 0 Å². The minimum absolute atomic E-state index is 0.267. The molecule has 0 aliphatic carbocycles. The third-order valence-electron chi connectivity index (χ3n) is 2.65. The highest BCUT2D eigenvalue weighted by atomic mass is 19.1. The SMILES string of the molecule is Cn1nccc1NC(=O)NCCc1cccc(F)c1. The van der Waals surface area contributed by atoms with Crippen molar-refractivity contribution in [2.24, 2.45) is 7.05 Å². The summed E-state index contributed by atoms with van der Waals surface area (Å²) < 4.78 is 14.5. The number of hydrogen-bond acceptors (Lipinski definition) is 2. The van der Waals surface area contributed by atoms with Gasteiger partial charge < -0.3 is 5.32 Å². The lowest BCUT2D eigenvalue weighted by Gasteiger charge is -2.07. The molecule has 19 heavy (non-hydrogen) atoms. The second-order valence-electron chi connectivity index (χ2n) is 4.10. The van der Waals surface area contributed by atoms with Gasteiger partial charge in [-0.25, -0.2) is 9.18 Å². The lowest BCUT2D eigenvalue weighted by Crippen LogP contribution is -2.31. The standard InChI is InChI=1S/C13H15FN4O/c1-18-12(6-8-16-18)17-13(19)15-7-5-10-3-2-4-11(14)9-10/h2-4,6,8-9H,5,7H2,1H3,(H2,15,17,19). The number of anilines is 1. The van der Waals surface area contributed by atoms with Gasteiger partial charge in [-0.3, -0.25) is 10.00 Å². The summed E-state index contributed by atoms with van der Waals surface area (Å²) in [5.41, 5.74) is 0.848. The fraction of sp³-hybridized carbons (Fsp3) is 0.231. The van der Waals surface area contributed by atoms with Crippen molar-refractivity contribution in [1.29, 1.82) is 0 Å². The van der Waals surface area contributed by atoms with Crippen molar-refractivity contribution in [2.45, 2.75) is 6.42 Å². The van der Waals surface area contributed by atoms with Gasteiger partial charge in [0.05, 0.1) is 6.20 Å². The fourth-order valence-corrected chi connectivity index (χ4v) is 1.67. The van der Waals surface area contributed by atoms with Gasteiger partial charge in [-0.15, -0.1) is 0 Å². The molecule has 0 saturated carbocycles. The summed E-state index contributed by atoms with van der Waals surface area (Å²) in [6.07, 6.45) is 2.18. The minimum Gasteiger partial charge on any atom is -0.337 e. The number of aryl methyl sites for hydroxylation is 1. The lowest BCUT2D eigenvalue weighted by molar-refractivity contribution is 0.252.